The van der Waals surface area contributed by atoms with Crippen LogP contribution in [0.3, 0.4) is 0 Å². The Morgan fingerprint density at radius 1 is 0.820 bits per heavy atom. The average molecular weight is 665 g/mol. The summed E-state index contributed by atoms with van der Waals surface area (Å²) in [5.74, 6) is 1.69. The van der Waals surface area contributed by atoms with Crippen LogP contribution < -0.4 is 5.32 Å². The monoisotopic (exact) mass is 664 g/mol. The van der Waals surface area contributed by atoms with E-state index in [9.17, 15) is 0 Å². The number of aromatic nitrogens is 8. The summed E-state index contributed by atoms with van der Waals surface area (Å²) in [6, 6.07) is 20.2. The number of rotatable bonds is 9. The number of hydrogen-bond acceptors (Lipinski definition) is 7. The van der Waals surface area contributed by atoms with Crippen LogP contribution in [-0.2, 0) is 24.2 Å². The molecule has 0 unspecified atom stereocenters. The Bertz CT molecular complexity index is 2500. The van der Waals surface area contributed by atoms with Crippen LogP contribution >= 0.6 is 0 Å². The number of imidazole rings is 2. The molecule has 11 heteroatoms. The van der Waals surface area contributed by atoms with Crippen LogP contribution in [0.2, 0.25) is 0 Å². The predicted octanol–water partition coefficient (Wildman–Crippen LogP) is 6.76. The van der Waals surface area contributed by atoms with E-state index < -0.39 is 0 Å². The summed E-state index contributed by atoms with van der Waals surface area (Å²) in [6.45, 7) is 5.34. The Kier molecular flexibility index (Phi) is 7.68. The van der Waals surface area contributed by atoms with Gasteiger partial charge in [0.05, 0.1) is 16.7 Å². The molecule has 8 aromatic rings. The molecule has 7 heterocycles. The van der Waals surface area contributed by atoms with Crippen molar-refractivity contribution in [2.45, 2.75) is 45.3 Å². The third-order valence-electron chi connectivity index (χ3n) is 10.1. The number of pyridine rings is 2. The average Bonchev–Trinajstić information content (AvgIpc) is 3.91. The molecule has 2 aromatic carbocycles. The summed E-state index contributed by atoms with van der Waals surface area (Å²) in [5.41, 5.74) is 13.3. The lowest BCUT2D eigenvalue weighted by Gasteiger charge is -2.31. The zero-order valence-electron chi connectivity index (χ0n) is 28.5. The molecule has 0 spiro atoms. The number of nitrogens with zero attached hydrogens (tertiary/aromatic N) is 5. The van der Waals surface area contributed by atoms with Crippen molar-refractivity contribution in [3.05, 3.63) is 95.3 Å². The van der Waals surface area contributed by atoms with E-state index in [0.29, 0.717) is 23.8 Å². The zero-order valence-corrected chi connectivity index (χ0v) is 28.5. The Balaban J connectivity index is 1.12. The van der Waals surface area contributed by atoms with Crippen LogP contribution in [0.4, 0.5) is 0 Å². The highest BCUT2D eigenvalue weighted by Crippen LogP contribution is 2.36. The van der Waals surface area contributed by atoms with Crippen LogP contribution in [0, 0.1) is 6.92 Å². The molecule has 1 saturated heterocycles. The summed E-state index contributed by atoms with van der Waals surface area (Å²) >= 11 is 0. The summed E-state index contributed by atoms with van der Waals surface area (Å²) in [7, 11) is 4.19. The van der Waals surface area contributed by atoms with E-state index in [0.717, 1.165) is 101 Å². The first-order valence-corrected chi connectivity index (χ1v) is 17.3. The van der Waals surface area contributed by atoms with Gasteiger partial charge in [-0.25, -0.2) is 19.9 Å². The van der Waals surface area contributed by atoms with Crippen molar-refractivity contribution >= 4 is 44.1 Å². The molecule has 0 aliphatic carbocycles. The summed E-state index contributed by atoms with van der Waals surface area (Å²) in [5, 5.41) is 5.58. The lowest BCUT2D eigenvalue weighted by molar-refractivity contribution is 0.0407. The van der Waals surface area contributed by atoms with Crippen molar-refractivity contribution in [1.82, 2.24) is 50.1 Å². The van der Waals surface area contributed by atoms with Crippen LogP contribution in [0.15, 0.2) is 67.0 Å². The first kappa shape index (κ1) is 30.7. The molecule has 1 aliphatic heterocycles. The van der Waals surface area contributed by atoms with Crippen molar-refractivity contribution in [1.29, 1.82) is 0 Å². The number of nitrogens with one attached hydrogen (secondary N) is 5. The van der Waals surface area contributed by atoms with Crippen molar-refractivity contribution < 1.29 is 4.74 Å². The van der Waals surface area contributed by atoms with Gasteiger partial charge in [-0.1, -0.05) is 24.3 Å². The second kappa shape index (κ2) is 12.5. The van der Waals surface area contributed by atoms with E-state index >= 15 is 0 Å². The van der Waals surface area contributed by atoms with Gasteiger partial charge in [-0.05, 0) is 80.9 Å². The first-order valence-electron chi connectivity index (χ1n) is 17.3. The third kappa shape index (κ3) is 5.53. The Labute approximate surface area is 288 Å². The zero-order chi connectivity index (χ0) is 33.8. The smallest absolute Gasteiger partial charge is 0.178 e. The van der Waals surface area contributed by atoms with Gasteiger partial charge in [-0.15, -0.1) is 0 Å². The number of hydrogen-bond donors (Lipinski definition) is 5. The Hall–Kier alpha value is -5.36. The largest absolute Gasteiger partial charge is 0.381 e. The minimum atomic E-state index is 0.537. The van der Waals surface area contributed by atoms with Crippen molar-refractivity contribution in [2.24, 2.45) is 0 Å². The summed E-state index contributed by atoms with van der Waals surface area (Å²) in [4.78, 5) is 35.9. The molecule has 0 bridgehead atoms. The van der Waals surface area contributed by atoms with Crippen LogP contribution in [0.5, 0.6) is 0 Å². The van der Waals surface area contributed by atoms with Gasteiger partial charge in [-0.2, -0.15) is 0 Å². The van der Waals surface area contributed by atoms with Gasteiger partial charge < -0.3 is 30.0 Å². The highest BCUT2D eigenvalue weighted by molar-refractivity contribution is 5.98. The fourth-order valence-electron chi connectivity index (χ4n) is 7.66. The number of aromatic amines is 4. The molecule has 11 nitrogen and oxygen atoms in total. The molecule has 1 fully saturated rings. The van der Waals surface area contributed by atoms with E-state index in [4.69, 9.17) is 9.72 Å². The van der Waals surface area contributed by atoms with Gasteiger partial charge in [-0.3, -0.25) is 4.90 Å². The van der Waals surface area contributed by atoms with E-state index in [2.05, 4.69) is 101 Å². The Morgan fingerprint density at radius 2 is 1.58 bits per heavy atom. The van der Waals surface area contributed by atoms with Gasteiger partial charge in [0.15, 0.2) is 11.3 Å². The minimum absolute atomic E-state index is 0.537. The lowest BCUT2D eigenvalue weighted by atomic mass is 10.0. The van der Waals surface area contributed by atoms with Crippen LogP contribution in [-0.4, -0.2) is 78.1 Å². The fraction of sp³-hybridized carbons (Fsp3) is 0.282. The van der Waals surface area contributed by atoms with Gasteiger partial charge in [0, 0.05) is 89.8 Å². The van der Waals surface area contributed by atoms with Gasteiger partial charge in [0.25, 0.3) is 0 Å². The van der Waals surface area contributed by atoms with Gasteiger partial charge >= 0.3 is 0 Å². The summed E-state index contributed by atoms with van der Waals surface area (Å²) < 4.78 is 5.61. The number of aryl methyl sites for hydroxylation is 1. The first-order chi connectivity index (χ1) is 24.5. The maximum Gasteiger partial charge on any atom is 0.178 e. The normalized spacial score (nSPS) is 14.3. The van der Waals surface area contributed by atoms with E-state index in [1.165, 1.54) is 21.9 Å². The van der Waals surface area contributed by atoms with Gasteiger partial charge in [0.2, 0.25) is 0 Å². The SMILES string of the molecule is CNCc1ccc2cc(-c3ccnc4nc(Cc5c(-c6ccnc7nc(C)[nH]c67)[nH]c6cc(CN(C)C7CCOCC7)ccc56)[nH]c34)[nH]c2c1. The molecule has 0 amide bonds. The lowest BCUT2D eigenvalue weighted by Crippen LogP contribution is -2.36. The maximum absolute atomic E-state index is 5.61. The number of fused-ring (bicyclic) bond motifs is 4. The van der Waals surface area contributed by atoms with Crippen molar-refractivity contribution in [3.63, 3.8) is 0 Å². The van der Waals surface area contributed by atoms with Crippen molar-refractivity contribution in [3.8, 4) is 22.5 Å². The molecule has 1 aliphatic rings. The molecule has 0 radical (unpaired) electrons. The van der Waals surface area contributed by atoms with Crippen LogP contribution in [0.1, 0.15) is 41.2 Å². The maximum atomic E-state index is 5.61. The standard InChI is InChI=1S/C39H40N10O/c1-22-43-37-29(9-13-41-38(37)44-22)35-30(27-7-5-24(17-32(27)46-35)21-49(3)26-10-14-50-15-11-26)19-34-47-36-28(8-12-42-39(36)48-34)33-18-25-6-4-23(20-40-2)16-31(25)45-33/h4-9,12-13,16-18,26,40,45-46H,10-11,14-15,19-21H2,1-3H3,(H,41,43,44)(H,42,47,48). The van der Waals surface area contributed by atoms with E-state index in [1.54, 1.807) is 0 Å². The second-order valence-corrected chi connectivity index (χ2v) is 13.5. The van der Waals surface area contributed by atoms with Gasteiger partial charge in [0.1, 0.15) is 11.6 Å². The minimum Gasteiger partial charge on any atom is -0.381 e. The summed E-state index contributed by atoms with van der Waals surface area (Å²) in [6.07, 6.45) is 6.40. The topological polar surface area (TPSA) is 139 Å². The number of H-pyrrole nitrogens is 4. The predicted molar refractivity (Wildman–Crippen MR) is 198 cm³/mol. The van der Waals surface area contributed by atoms with E-state index in [-0.39, 0.29) is 0 Å². The second-order valence-electron chi connectivity index (χ2n) is 13.5. The molecule has 6 aromatic heterocycles. The molecular formula is C39H40N10O. The number of benzene rings is 2. The van der Waals surface area contributed by atoms with E-state index in [1.807, 2.05) is 32.4 Å². The molecule has 0 atom stereocenters. The molecular weight excluding hydrogens is 624 g/mol. The number of ether oxygens (including phenoxy) is 1. The highest BCUT2D eigenvalue weighted by atomic mass is 16.5. The molecule has 9 rings (SSSR count). The molecule has 5 N–H and O–H groups in total. The molecule has 50 heavy (non-hydrogen) atoms. The third-order valence-corrected chi connectivity index (χ3v) is 10.1. The Morgan fingerprint density at radius 3 is 2.42 bits per heavy atom. The quantitative estimate of drug-likeness (QED) is 0.115. The highest BCUT2D eigenvalue weighted by Gasteiger charge is 2.22. The molecule has 252 valence electrons. The van der Waals surface area contributed by atoms with Crippen molar-refractivity contribution in [2.75, 3.05) is 27.3 Å². The molecule has 0 saturated carbocycles. The van der Waals surface area contributed by atoms with Crippen LogP contribution in [0.25, 0.3) is 66.6 Å². The fourth-order valence-corrected chi connectivity index (χ4v) is 7.66.